The van der Waals surface area contributed by atoms with Gasteiger partial charge in [0.2, 0.25) is 0 Å². The molecule has 7 nitrogen and oxygen atoms in total. The number of aryl methyl sites for hydroxylation is 3. The molecule has 1 aromatic heterocycles. The third-order valence-corrected chi connectivity index (χ3v) is 4.92. The molecule has 1 N–H and O–H groups in total. The predicted molar refractivity (Wildman–Crippen MR) is 101 cm³/mol. The van der Waals surface area contributed by atoms with Gasteiger partial charge in [0.05, 0.1) is 11.7 Å². The Labute approximate surface area is 159 Å². The zero-order valence-electron chi connectivity index (χ0n) is 16.4. The van der Waals surface area contributed by atoms with E-state index in [4.69, 9.17) is 4.74 Å². The molecule has 1 aliphatic heterocycles. The molecule has 2 aromatic rings. The molecule has 2 heterocycles. The monoisotopic (exact) mass is 370 g/mol. The number of nitrogens with one attached hydrogen (secondary N) is 1. The van der Waals surface area contributed by atoms with Gasteiger partial charge in [-0.05, 0) is 32.4 Å². The van der Waals surface area contributed by atoms with E-state index in [-0.39, 0.29) is 11.8 Å². The molecule has 1 fully saturated rings. The summed E-state index contributed by atoms with van der Waals surface area (Å²) in [6, 6.07) is 5.87. The lowest BCUT2D eigenvalue weighted by Gasteiger charge is -2.48. The Hall–Kier alpha value is -2.67. The molecule has 7 heteroatoms. The van der Waals surface area contributed by atoms with Crippen LogP contribution in [0, 0.1) is 13.8 Å². The van der Waals surface area contributed by atoms with E-state index in [1.165, 1.54) is 7.11 Å². The van der Waals surface area contributed by atoms with Crippen LogP contribution in [0.2, 0.25) is 0 Å². The summed E-state index contributed by atoms with van der Waals surface area (Å²) in [5.74, 6) is -0.231. The van der Waals surface area contributed by atoms with Crippen molar-refractivity contribution in [1.82, 2.24) is 20.0 Å². The zero-order chi connectivity index (χ0) is 19.8. The number of hydrogen-bond donors (Lipinski definition) is 1. The number of rotatable bonds is 5. The summed E-state index contributed by atoms with van der Waals surface area (Å²) >= 11 is 0. The Morgan fingerprint density at radius 2 is 2.00 bits per heavy atom. The summed E-state index contributed by atoms with van der Waals surface area (Å²) in [5.41, 5.74) is 2.96. The molecule has 0 radical (unpaired) electrons. The number of hydrogen-bond acceptors (Lipinski definition) is 4. The van der Waals surface area contributed by atoms with Crippen LogP contribution in [-0.2, 0) is 16.6 Å². The van der Waals surface area contributed by atoms with Crippen LogP contribution in [0.1, 0.15) is 40.1 Å². The molecule has 0 saturated carbocycles. The number of amides is 2. The van der Waals surface area contributed by atoms with Gasteiger partial charge in [0.1, 0.15) is 0 Å². The molecule has 1 aromatic carbocycles. The Bertz CT molecular complexity index is 868. The lowest BCUT2D eigenvalue weighted by molar-refractivity contribution is -0.135. The second-order valence-electron chi connectivity index (χ2n) is 7.59. The fourth-order valence-electron chi connectivity index (χ4n) is 3.49. The number of ether oxygens (including phenoxy) is 1. The van der Waals surface area contributed by atoms with Gasteiger partial charge in [0.15, 0.2) is 6.10 Å². The van der Waals surface area contributed by atoms with E-state index in [9.17, 15) is 9.59 Å². The summed E-state index contributed by atoms with van der Waals surface area (Å²) in [6.45, 7) is 6.78. The van der Waals surface area contributed by atoms with Crippen molar-refractivity contribution in [2.45, 2.75) is 32.4 Å². The summed E-state index contributed by atoms with van der Waals surface area (Å²) in [6.07, 6.45) is 2.65. The minimum atomic E-state index is -0.723. The molecule has 0 spiro atoms. The van der Waals surface area contributed by atoms with Crippen LogP contribution in [0.3, 0.4) is 0 Å². The largest absolute Gasteiger partial charge is 0.367 e. The number of likely N-dealkylation sites (tertiary alicyclic amines) is 1. The van der Waals surface area contributed by atoms with Crippen LogP contribution in [-0.4, -0.2) is 52.2 Å². The van der Waals surface area contributed by atoms with E-state index in [0.29, 0.717) is 24.2 Å². The second kappa shape index (κ2) is 7.15. The van der Waals surface area contributed by atoms with Crippen molar-refractivity contribution in [2.75, 3.05) is 20.2 Å². The Morgan fingerprint density at radius 3 is 2.59 bits per heavy atom. The Balaban J connectivity index is 1.64. The highest BCUT2D eigenvalue weighted by Crippen LogP contribution is 2.26. The number of carbonyl (C=O) groups is 2. The van der Waals surface area contributed by atoms with Crippen LogP contribution >= 0.6 is 0 Å². The van der Waals surface area contributed by atoms with E-state index < -0.39 is 11.6 Å². The fraction of sp³-hybridized carbons (Fsp3) is 0.450. The van der Waals surface area contributed by atoms with E-state index in [1.54, 1.807) is 29.0 Å². The van der Waals surface area contributed by atoms with Crippen molar-refractivity contribution in [3.63, 3.8) is 0 Å². The van der Waals surface area contributed by atoms with Gasteiger partial charge in [0.25, 0.3) is 11.8 Å². The van der Waals surface area contributed by atoms with Gasteiger partial charge in [-0.15, -0.1) is 0 Å². The molecule has 2 amide bonds. The number of methoxy groups -OCH3 is 1. The third kappa shape index (κ3) is 3.88. The average molecular weight is 370 g/mol. The van der Waals surface area contributed by atoms with E-state index >= 15 is 0 Å². The number of carbonyl (C=O) groups excluding carboxylic acids is 2. The quantitative estimate of drug-likeness (QED) is 0.870. The van der Waals surface area contributed by atoms with Gasteiger partial charge in [-0.1, -0.05) is 17.7 Å². The number of aromatic nitrogens is 2. The third-order valence-electron chi connectivity index (χ3n) is 4.92. The van der Waals surface area contributed by atoms with Crippen LogP contribution < -0.4 is 5.32 Å². The highest BCUT2D eigenvalue weighted by Gasteiger charge is 2.44. The maximum Gasteiger partial charge on any atom is 0.254 e. The van der Waals surface area contributed by atoms with Crippen molar-refractivity contribution < 1.29 is 14.3 Å². The maximum absolute atomic E-state index is 12.8. The first-order valence-electron chi connectivity index (χ1n) is 8.92. The maximum atomic E-state index is 12.8. The van der Waals surface area contributed by atoms with Crippen molar-refractivity contribution in [3.05, 3.63) is 52.8 Å². The zero-order valence-corrected chi connectivity index (χ0v) is 16.4. The molecule has 0 bridgehead atoms. The van der Waals surface area contributed by atoms with Crippen molar-refractivity contribution in [3.8, 4) is 0 Å². The molecule has 27 heavy (non-hydrogen) atoms. The highest BCUT2D eigenvalue weighted by molar-refractivity contribution is 5.96. The molecule has 1 aliphatic rings. The smallest absolute Gasteiger partial charge is 0.254 e. The van der Waals surface area contributed by atoms with Crippen LogP contribution in [0.25, 0.3) is 0 Å². The number of nitrogens with zero attached hydrogens (tertiary/aromatic N) is 3. The van der Waals surface area contributed by atoms with E-state index in [0.717, 1.165) is 11.1 Å². The van der Waals surface area contributed by atoms with Gasteiger partial charge in [-0.3, -0.25) is 14.3 Å². The van der Waals surface area contributed by atoms with Gasteiger partial charge in [-0.25, -0.2) is 0 Å². The number of benzene rings is 1. The first-order valence-corrected chi connectivity index (χ1v) is 8.92. The average Bonchev–Trinajstić information content (AvgIpc) is 3.00. The van der Waals surface area contributed by atoms with Gasteiger partial charge < -0.3 is 15.0 Å². The van der Waals surface area contributed by atoms with Gasteiger partial charge in [-0.2, -0.15) is 5.10 Å². The van der Waals surface area contributed by atoms with Crippen LogP contribution in [0.5, 0.6) is 0 Å². The van der Waals surface area contributed by atoms with E-state index in [2.05, 4.69) is 10.4 Å². The minimum Gasteiger partial charge on any atom is -0.367 e. The Kier molecular flexibility index (Phi) is 5.06. The van der Waals surface area contributed by atoms with Crippen LogP contribution in [0.15, 0.2) is 30.6 Å². The summed E-state index contributed by atoms with van der Waals surface area (Å²) in [4.78, 5) is 27.2. The summed E-state index contributed by atoms with van der Waals surface area (Å²) in [5, 5.41) is 7.11. The normalized spacial score (nSPS) is 16.6. The minimum absolute atomic E-state index is 0.00141. The van der Waals surface area contributed by atoms with E-state index in [1.807, 2.05) is 39.0 Å². The van der Waals surface area contributed by atoms with Crippen molar-refractivity contribution in [2.24, 2.45) is 7.05 Å². The Morgan fingerprint density at radius 1 is 1.30 bits per heavy atom. The fourth-order valence-corrected chi connectivity index (χ4v) is 3.49. The standard InChI is InChI=1S/C20H26N4O3/c1-13-6-7-14(2)16(8-13)19(26)24-11-20(3,12-24)22-18(25)17(27-5)15-9-21-23(4)10-15/h6-10,17H,11-12H2,1-5H3,(H,22,25). The second-order valence-corrected chi connectivity index (χ2v) is 7.59. The van der Waals surface area contributed by atoms with Crippen molar-refractivity contribution in [1.29, 1.82) is 0 Å². The lowest BCUT2D eigenvalue weighted by Crippen LogP contribution is -2.70. The predicted octanol–water partition coefficient (Wildman–Crippen LogP) is 1.76. The first kappa shape index (κ1) is 19.1. The van der Waals surface area contributed by atoms with Crippen molar-refractivity contribution >= 4 is 11.8 Å². The highest BCUT2D eigenvalue weighted by atomic mass is 16.5. The molecule has 3 rings (SSSR count). The van der Waals surface area contributed by atoms with Gasteiger partial charge >= 0.3 is 0 Å². The summed E-state index contributed by atoms with van der Waals surface area (Å²) < 4.78 is 6.98. The lowest BCUT2D eigenvalue weighted by atomic mass is 9.90. The molecule has 1 saturated heterocycles. The molecule has 1 unspecified atom stereocenters. The molecule has 0 aliphatic carbocycles. The SMILES string of the molecule is COC(C(=O)NC1(C)CN(C(=O)c2cc(C)ccc2C)C1)c1cnn(C)c1. The van der Waals surface area contributed by atoms with Crippen LogP contribution in [0.4, 0.5) is 0 Å². The first-order chi connectivity index (χ1) is 12.7. The molecule has 144 valence electrons. The molecule has 1 atom stereocenters. The summed E-state index contributed by atoms with van der Waals surface area (Å²) in [7, 11) is 3.29. The topological polar surface area (TPSA) is 76.5 Å². The molecular weight excluding hydrogens is 344 g/mol. The molecular formula is C20H26N4O3. The van der Waals surface area contributed by atoms with Gasteiger partial charge in [0, 0.05) is 44.6 Å².